The van der Waals surface area contributed by atoms with Gasteiger partial charge < -0.3 is 5.11 Å². The third kappa shape index (κ3) is 6.07. The van der Waals surface area contributed by atoms with Crippen LogP contribution in [0.3, 0.4) is 0 Å². The quantitative estimate of drug-likeness (QED) is 0.237. The van der Waals surface area contributed by atoms with E-state index < -0.39 is 11.4 Å². The second-order valence-electron chi connectivity index (χ2n) is 6.80. The molecule has 0 amide bonds. The fraction of sp³-hybridized carbons (Fsp3) is 0.944. The highest BCUT2D eigenvalue weighted by molar-refractivity contribution is 14.1. The molecule has 1 aliphatic rings. The number of halogens is 1. The molecule has 1 saturated carbocycles. The van der Waals surface area contributed by atoms with Gasteiger partial charge in [0.2, 0.25) is 0 Å². The van der Waals surface area contributed by atoms with Crippen LogP contribution in [0.2, 0.25) is 0 Å². The molecule has 0 aliphatic heterocycles. The number of alkyl halides is 1. The number of hydrogen-bond acceptors (Lipinski definition) is 1. The molecule has 0 aromatic heterocycles. The monoisotopic (exact) mass is 408 g/mol. The van der Waals surface area contributed by atoms with Crippen molar-refractivity contribution in [1.82, 2.24) is 0 Å². The van der Waals surface area contributed by atoms with Crippen LogP contribution < -0.4 is 0 Å². The first kappa shape index (κ1) is 19.2. The minimum atomic E-state index is -0.535. The van der Waals surface area contributed by atoms with Crippen LogP contribution in [0.15, 0.2) is 0 Å². The second kappa shape index (κ2) is 10.8. The van der Waals surface area contributed by atoms with Crippen LogP contribution in [-0.2, 0) is 4.79 Å². The largest absolute Gasteiger partial charge is 0.481 e. The maximum Gasteiger partial charge on any atom is 0.310 e. The molecule has 1 rings (SSSR count). The van der Waals surface area contributed by atoms with Gasteiger partial charge in [-0.3, -0.25) is 4.79 Å². The van der Waals surface area contributed by atoms with Gasteiger partial charge >= 0.3 is 5.97 Å². The Labute approximate surface area is 144 Å². The number of unbranched alkanes of at least 4 members (excludes halogenated alkanes) is 7. The minimum Gasteiger partial charge on any atom is -0.481 e. The lowest BCUT2D eigenvalue weighted by atomic mass is 9.72. The average molecular weight is 408 g/mol. The molecule has 0 saturated heterocycles. The summed E-state index contributed by atoms with van der Waals surface area (Å²) in [7, 11) is 0. The molecule has 0 radical (unpaired) electrons. The number of carboxylic acids is 1. The van der Waals surface area contributed by atoms with Crippen LogP contribution >= 0.6 is 22.6 Å². The highest BCUT2D eigenvalue weighted by atomic mass is 127. The van der Waals surface area contributed by atoms with E-state index in [9.17, 15) is 9.90 Å². The average Bonchev–Trinajstić information content (AvgIpc) is 3.00. The molecule has 124 valence electrons. The zero-order chi connectivity index (χ0) is 15.6. The maximum atomic E-state index is 11.9. The lowest BCUT2D eigenvalue weighted by Crippen LogP contribution is -2.39. The minimum absolute atomic E-state index is 0.427. The first-order valence-electron chi connectivity index (χ1n) is 8.96. The van der Waals surface area contributed by atoms with Crippen molar-refractivity contribution < 1.29 is 9.90 Å². The van der Waals surface area contributed by atoms with E-state index in [4.69, 9.17) is 0 Å². The summed E-state index contributed by atoms with van der Waals surface area (Å²) in [6.45, 7) is 2.25. The molecule has 3 heteroatoms. The molecule has 0 spiro atoms. The number of carboxylic acid groups (broad SMARTS) is 1. The van der Waals surface area contributed by atoms with E-state index >= 15 is 0 Å². The topological polar surface area (TPSA) is 37.3 Å². The molecule has 1 fully saturated rings. The van der Waals surface area contributed by atoms with Crippen molar-refractivity contribution in [2.24, 2.45) is 11.3 Å². The highest BCUT2D eigenvalue weighted by Gasteiger charge is 2.45. The first-order chi connectivity index (χ1) is 10.2. The van der Waals surface area contributed by atoms with Gasteiger partial charge in [0.05, 0.1) is 5.41 Å². The van der Waals surface area contributed by atoms with Gasteiger partial charge in [-0.05, 0) is 25.2 Å². The summed E-state index contributed by atoms with van der Waals surface area (Å²) in [4.78, 5) is 11.9. The van der Waals surface area contributed by atoms with Crippen LogP contribution in [-0.4, -0.2) is 15.5 Å². The number of hydrogen-bond donors (Lipinski definition) is 1. The molecule has 1 unspecified atom stereocenters. The Morgan fingerprint density at radius 3 is 2.05 bits per heavy atom. The molecular formula is C18H33IO2. The van der Waals surface area contributed by atoms with Crippen LogP contribution in [0.25, 0.3) is 0 Å². The summed E-state index contributed by atoms with van der Waals surface area (Å²) >= 11 is 2.31. The predicted octanol–water partition coefficient (Wildman–Crippen LogP) is 6.21. The molecule has 0 heterocycles. The molecule has 1 aliphatic carbocycles. The van der Waals surface area contributed by atoms with E-state index in [1.165, 1.54) is 57.8 Å². The Balaban J connectivity index is 2.28. The van der Waals surface area contributed by atoms with Crippen molar-refractivity contribution in [3.63, 3.8) is 0 Å². The van der Waals surface area contributed by atoms with Crippen LogP contribution in [0.1, 0.15) is 90.4 Å². The van der Waals surface area contributed by atoms with E-state index in [1.807, 2.05) is 0 Å². The van der Waals surface area contributed by atoms with Crippen molar-refractivity contribution in [3.8, 4) is 0 Å². The van der Waals surface area contributed by atoms with Gasteiger partial charge in [0.15, 0.2) is 0 Å². The van der Waals surface area contributed by atoms with Crippen molar-refractivity contribution in [3.05, 3.63) is 0 Å². The van der Waals surface area contributed by atoms with Gasteiger partial charge in [-0.1, -0.05) is 93.7 Å². The zero-order valence-electron chi connectivity index (χ0n) is 13.7. The van der Waals surface area contributed by atoms with Crippen LogP contribution in [0.4, 0.5) is 0 Å². The van der Waals surface area contributed by atoms with Gasteiger partial charge in [-0.15, -0.1) is 0 Å². The summed E-state index contributed by atoms with van der Waals surface area (Å²) in [6.07, 6.45) is 15.9. The molecule has 1 atom stereocenters. The van der Waals surface area contributed by atoms with Crippen LogP contribution in [0.5, 0.6) is 0 Å². The highest BCUT2D eigenvalue weighted by Crippen LogP contribution is 2.45. The second-order valence-corrected chi connectivity index (χ2v) is 7.56. The molecule has 0 aromatic rings. The molecule has 0 bridgehead atoms. The smallest absolute Gasteiger partial charge is 0.310 e. The van der Waals surface area contributed by atoms with Gasteiger partial charge in [0.25, 0.3) is 0 Å². The van der Waals surface area contributed by atoms with Gasteiger partial charge in [-0.25, -0.2) is 0 Å². The summed E-state index contributed by atoms with van der Waals surface area (Å²) in [6, 6.07) is 0. The Morgan fingerprint density at radius 2 is 1.57 bits per heavy atom. The SMILES string of the molecule is CCCCCCCCCCC(CI)(C(=O)O)C1CCCC1. The van der Waals surface area contributed by atoms with Crippen molar-refractivity contribution >= 4 is 28.6 Å². The van der Waals surface area contributed by atoms with Crippen LogP contribution in [0, 0.1) is 11.3 Å². The lowest BCUT2D eigenvalue weighted by molar-refractivity contribution is -0.151. The van der Waals surface area contributed by atoms with E-state index in [1.54, 1.807) is 0 Å². The van der Waals surface area contributed by atoms with Gasteiger partial charge in [0, 0.05) is 4.43 Å². The van der Waals surface area contributed by atoms with E-state index in [0.717, 1.165) is 30.1 Å². The number of aliphatic carboxylic acids is 1. The fourth-order valence-electron chi connectivity index (χ4n) is 3.77. The Kier molecular flexibility index (Phi) is 9.94. The number of carbonyl (C=O) groups is 1. The van der Waals surface area contributed by atoms with E-state index in [2.05, 4.69) is 29.5 Å². The Bertz CT molecular complexity index is 287. The molecule has 21 heavy (non-hydrogen) atoms. The van der Waals surface area contributed by atoms with E-state index in [0.29, 0.717) is 5.92 Å². The third-order valence-corrected chi connectivity index (χ3v) is 6.64. The third-order valence-electron chi connectivity index (χ3n) is 5.28. The summed E-state index contributed by atoms with van der Waals surface area (Å²) in [5.41, 5.74) is -0.431. The van der Waals surface area contributed by atoms with Crippen molar-refractivity contribution in [2.45, 2.75) is 90.4 Å². The summed E-state index contributed by atoms with van der Waals surface area (Å²) in [5.74, 6) is -0.108. The molecular weight excluding hydrogens is 375 g/mol. The predicted molar refractivity (Wildman–Crippen MR) is 98.1 cm³/mol. The standard InChI is InChI=1S/C18H33IO2/c1-2-3-4-5-6-7-8-11-14-18(15-19,17(20)21)16-12-9-10-13-16/h16H,2-15H2,1H3,(H,20,21). The summed E-state index contributed by atoms with van der Waals surface area (Å²) in [5, 5.41) is 9.78. The number of rotatable bonds is 12. The molecule has 1 N–H and O–H groups in total. The van der Waals surface area contributed by atoms with Crippen molar-refractivity contribution in [1.29, 1.82) is 0 Å². The Hall–Kier alpha value is 0.200. The summed E-state index contributed by atoms with van der Waals surface area (Å²) < 4.78 is 0.779. The first-order valence-corrected chi connectivity index (χ1v) is 10.5. The Morgan fingerprint density at radius 1 is 1.05 bits per heavy atom. The molecule has 0 aromatic carbocycles. The fourth-order valence-corrected chi connectivity index (χ4v) is 5.10. The van der Waals surface area contributed by atoms with Crippen molar-refractivity contribution in [2.75, 3.05) is 4.43 Å². The molecule has 2 nitrogen and oxygen atoms in total. The zero-order valence-corrected chi connectivity index (χ0v) is 15.9. The lowest BCUT2D eigenvalue weighted by Gasteiger charge is -2.33. The van der Waals surface area contributed by atoms with Gasteiger partial charge in [0.1, 0.15) is 0 Å². The normalized spacial score (nSPS) is 18.8. The van der Waals surface area contributed by atoms with Gasteiger partial charge in [-0.2, -0.15) is 0 Å². The van der Waals surface area contributed by atoms with E-state index in [-0.39, 0.29) is 0 Å². The maximum absolute atomic E-state index is 11.9.